The predicted molar refractivity (Wildman–Crippen MR) is 69.6 cm³/mol. The highest BCUT2D eigenvalue weighted by atomic mass is 16.2. The first-order chi connectivity index (χ1) is 8.16. The van der Waals surface area contributed by atoms with Crippen LogP contribution in [0.5, 0.6) is 0 Å². The van der Waals surface area contributed by atoms with E-state index >= 15 is 0 Å². The molecule has 0 spiro atoms. The molecule has 2 fully saturated rings. The summed E-state index contributed by atoms with van der Waals surface area (Å²) >= 11 is 0. The maximum Gasteiger partial charge on any atom is 0.222 e. The van der Waals surface area contributed by atoms with Crippen LogP contribution in [0.2, 0.25) is 0 Å². The summed E-state index contributed by atoms with van der Waals surface area (Å²) < 4.78 is 0. The number of nitrogens with two attached hydrogens (primary N) is 1. The summed E-state index contributed by atoms with van der Waals surface area (Å²) in [5.74, 6) is 1.06. The van der Waals surface area contributed by atoms with Crippen molar-refractivity contribution in [1.82, 2.24) is 4.90 Å². The second-order valence-electron chi connectivity index (χ2n) is 5.91. The molecule has 3 unspecified atom stereocenters. The van der Waals surface area contributed by atoms with Crippen molar-refractivity contribution in [3.05, 3.63) is 0 Å². The van der Waals surface area contributed by atoms with Crippen LogP contribution in [0.15, 0.2) is 0 Å². The van der Waals surface area contributed by atoms with Gasteiger partial charge in [-0.15, -0.1) is 0 Å². The molecule has 98 valence electrons. The summed E-state index contributed by atoms with van der Waals surface area (Å²) in [5, 5.41) is 0. The summed E-state index contributed by atoms with van der Waals surface area (Å²) in [6, 6.07) is 0.852. The maximum absolute atomic E-state index is 12.1. The number of hydrogen-bond acceptors (Lipinski definition) is 2. The molecule has 3 heteroatoms. The summed E-state index contributed by atoms with van der Waals surface area (Å²) in [6.45, 7) is 3.14. The standard InChI is InChI=1S/C14H26N2O/c1-11-4-3-9-16(11)14(17)8-7-12-5-2-6-13(15)10-12/h11-13H,2-10,15H2,1H3. The fourth-order valence-corrected chi connectivity index (χ4v) is 3.37. The Morgan fingerprint density at radius 2 is 2.12 bits per heavy atom. The molecule has 1 aliphatic carbocycles. The number of nitrogens with zero attached hydrogens (tertiary/aromatic N) is 1. The molecular formula is C14H26N2O. The highest BCUT2D eigenvalue weighted by molar-refractivity contribution is 5.76. The molecule has 1 saturated carbocycles. The number of amides is 1. The number of carbonyl (C=O) groups is 1. The monoisotopic (exact) mass is 238 g/mol. The summed E-state index contributed by atoms with van der Waals surface area (Å²) in [7, 11) is 0. The minimum absolute atomic E-state index is 0.370. The van der Waals surface area contributed by atoms with Gasteiger partial charge in [0, 0.05) is 25.0 Å². The van der Waals surface area contributed by atoms with E-state index in [9.17, 15) is 4.79 Å². The fourth-order valence-electron chi connectivity index (χ4n) is 3.37. The van der Waals surface area contributed by atoms with E-state index in [1.54, 1.807) is 0 Å². The third-order valence-electron chi connectivity index (χ3n) is 4.46. The number of likely N-dealkylation sites (tertiary alicyclic amines) is 1. The zero-order chi connectivity index (χ0) is 12.3. The highest BCUT2D eigenvalue weighted by Gasteiger charge is 2.26. The Morgan fingerprint density at radius 1 is 1.29 bits per heavy atom. The van der Waals surface area contributed by atoms with E-state index in [0.29, 0.717) is 23.9 Å². The molecular weight excluding hydrogens is 212 g/mol. The Bertz CT molecular complexity index is 267. The summed E-state index contributed by atoms with van der Waals surface area (Å²) in [5.41, 5.74) is 5.98. The third-order valence-corrected chi connectivity index (χ3v) is 4.46. The molecule has 1 saturated heterocycles. The maximum atomic E-state index is 12.1. The van der Waals surface area contributed by atoms with Gasteiger partial charge in [0.25, 0.3) is 0 Å². The van der Waals surface area contributed by atoms with Crippen molar-refractivity contribution < 1.29 is 4.79 Å². The molecule has 3 atom stereocenters. The second kappa shape index (κ2) is 5.85. The van der Waals surface area contributed by atoms with Crippen LogP contribution in [0.1, 0.15) is 58.3 Å². The average molecular weight is 238 g/mol. The minimum atomic E-state index is 0.370. The summed E-state index contributed by atoms with van der Waals surface area (Å²) in [6.07, 6.45) is 8.98. The zero-order valence-electron chi connectivity index (χ0n) is 11.0. The van der Waals surface area contributed by atoms with Crippen LogP contribution in [-0.4, -0.2) is 29.4 Å². The largest absolute Gasteiger partial charge is 0.340 e. The minimum Gasteiger partial charge on any atom is -0.340 e. The van der Waals surface area contributed by atoms with Crippen LogP contribution in [-0.2, 0) is 4.79 Å². The van der Waals surface area contributed by atoms with Crippen LogP contribution in [0.3, 0.4) is 0 Å². The van der Waals surface area contributed by atoms with E-state index in [-0.39, 0.29) is 0 Å². The van der Waals surface area contributed by atoms with Gasteiger partial charge in [-0.3, -0.25) is 4.79 Å². The Labute approximate surface area is 105 Å². The van der Waals surface area contributed by atoms with Crippen molar-refractivity contribution in [3.8, 4) is 0 Å². The molecule has 0 aromatic rings. The lowest BCUT2D eigenvalue weighted by molar-refractivity contribution is -0.132. The quantitative estimate of drug-likeness (QED) is 0.820. The lowest BCUT2D eigenvalue weighted by Gasteiger charge is -2.27. The predicted octanol–water partition coefficient (Wildman–Crippen LogP) is 2.29. The van der Waals surface area contributed by atoms with E-state index in [2.05, 4.69) is 11.8 Å². The molecule has 2 rings (SSSR count). The number of carbonyl (C=O) groups excluding carboxylic acids is 1. The normalized spacial score (nSPS) is 34.0. The summed E-state index contributed by atoms with van der Waals surface area (Å²) in [4.78, 5) is 14.1. The first-order valence-electron chi connectivity index (χ1n) is 7.22. The molecule has 0 radical (unpaired) electrons. The van der Waals surface area contributed by atoms with Crippen LogP contribution < -0.4 is 5.73 Å². The van der Waals surface area contributed by atoms with Crippen LogP contribution in [0.25, 0.3) is 0 Å². The second-order valence-corrected chi connectivity index (χ2v) is 5.91. The Kier molecular flexibility index (Phi) is 4.43. The Morgan fingerprint density at radius 3 is 2.76 bits per heavy atom. The molecule has 0 bridgehead atoms. The highest BCUT2D eigenvalue weighted by Crippen LogP contribution is 2.27. The van der Waals surface area contributed by atoms with Gasteiger partial charge in [0.15, 0.2) is 0 Å². The van der Waals surface area contributed by atoms with E-state index in [1.165, 1.54) is 32.1 Å². The van der Waals surface area contributed by atoms with Gasteiger partial charge in [0.05, 0.1) is 0 Å². The van der Waals surface area contributed by atoms with E-state index < -0.39 is 0 Å². The van der Waals surface area contributed by atoms with Crippen molar-refractivity contribution in [2.45, 2.75) is 70.4 Å². The van der Waals surface area contributed by atoms with Gasteiger partial charge < -0.3 is 10.6 Å². The van der Waals surface area contributed by atoms with Crippen LogP contribution in [0.4, 0.5) is 0 Å². The fraction of sp³-hybridized carbons (Fsp3) is 0.929. The molecule has 0 aromatic heterocycles. The molecule has 2 N–H and O–H groups in total. The molecule has 0 aromatic carbocycles. The molecule has 17 heavy (non-hydrogen) atoms. The van der Waals surface area contributed by atoms with Gasteiger partial charge in [-0.1, -0.05) is 12.8 Å². The van der Waals surface area contributed by atoms with E-state index in [4.69, 9.17) is 5.73 Å². The van der Waals surface area contributed by atoms with Crippen molar-refractivity contribution in [2.75, 3.05) is 6.54 Å². The van der Waals surface area contributed by atoms with Crippen LogP contribution in [0, 0.1) is 5.92 Å². The van der Waals surface area contributed by atoms with E-state index in [0.717, 1.165) is 25.8 Å². The first-order valence-corrected chi connectivity index (χ1v) is 7.22. The van der Waals surface area contributed by atoms with Crippen molar-refractivity contribution in [2.24, 2.45) is 11.7 Å². The molecule has 1 heterocycles. The molecule has 1 aliphatic heterocycles. The SMILES string of the molecule is CC1CCCN1C(=O)CCC1CCCC(N)C1. The van der Waals surface area contributed by atoms with Gasteiger partial charge in [0.2, 0.25) is 5.91 Å². The molecule has 2 aliphatic rings. The molecule has 3 nitrogen and oxygen atoms in total. The van der Waals surface area contributed by atoms with Crippen molar-refractivity contribution in [3.63, 3.8) is 0 Å². The Hall–Kier alpha value is -0.570. The van der Waals surface area contributed by atoms with Crippen LogP contribution >= 0.6 is 0 Å². The van der Waals surface area contributed by atoms with Gasteiger partial charge in [-0.05, 0) is 44.9 Å². The molecule has 1 amide bonds. The van der Waals surface area contributed by atoms with Gasteiger partial charge in [0.1, 0.15) is 0 Å². The lowest BCUT2D eigenvalue weighted by Crippen LogP contribution is -2.34. The van der Waals surface area contributed by atoms with Gasteiger partial charge in [-0.2, -0.15) is 0 Å². The topological polar surface area (TPSA) is 46.3 Å². The number of rotatable bonds is 3. The van der Waals surface area contributed by atoms with Gasteiger partial charge in [-0.25, -0.2) is 0 Å². The Balaban J connectivity index is 1.72. The third kappa shape index (κ3) is 3.44. The lowest BCUT2D eigenvalue weighted by atomic mass is 9.83. The smallest absolute Gasteiger partial charge is 0.222 e. The first kappa shape index (κ1) is 12.9. The zero-order valence-corrected chi connectivity index (χ0v) is 11.0. The number of hydrogen-bond donors (Lipinski definition) is 1. The average Bonchev–Trinajstić information content (AvgIpc) is 2.72. The van der Waals surface area contributed by atoms with Crippen molar-refractivity contribution in [1.29, 1.82) is 0 Å². The van der Waals surface area contributed by atoms with Crippen molar-refractivity contribution >= 4 is 5.91 Å². The van der Waals surface area contributed by atoms with Gasteiger partial charge >= 0.3 is 0 Å². The van der Waals surface area contributed by atoms with E-state index in [1.807, 2.05) is 0 Å².